The number of ether oxygens (including phenoxy) is 1. The second-order valence-electron chi connectivity index (χ2n) is 3.15. The largest absolute Gasteiger partial charge is 0.449 e. The first-order chi connectivity index (χ1) is 6.20. The molecule has 0 fully saturated rings. The van der Waals surface area contributed by atoms with Gasteiger partial charge in [0.25, 0.3) is 0 Å². The Labute approximate surface area is 79.1 Å². The second kappa shape index (κ2) is 7.86. The average molecular weight is 189 g/mol. The van der Waals surface area contributed by atoms with Crippen LogP contribution < -0.4 is 5.73 Å². The summed E-state index contributed by atoms with van der Waals surface area (Å²) in [5.41, 5.74) is 4.84. The van der Waals surface area contributed by atoms with Crippen LogP contribution in [0.4, 0.5) is 4.79 Å². The van der Waals surface area contributed by atoms with Crippen molar-refractivity contribution in [1.29, 1.82) is 0 Å². The normalized spacial score (nSPS) is 12.5. The van der Waals surface area contributed by atoms with Crippen LogP contribution in [0, 0.1) is 5.92 Å². The zero-order chi connectivity index (χ0) is 10.1. The predicted molar refractivity (Wildman–Crippen MR) is 50.3 cm³/mol. The van der Waals surface area contributed by atoms with Crippen molar-refractivity contribution in [2.24, 2.45) is 11.7 Å². The van der Waals surface area contributed by atoms with Gasteiger partial charge in [-0.2, -0.15) is 0 Å². The Kier molecular flexibility index (Phi) is 7.39. The summed E-state index contributed by atoms with van der Waals surface area (Å²) in [5, 5.41) is 8.73. The summed E-state index contributed by atoms with van der Waals surface area (Å²) < 4.78 is 4.68. The maximum absolute atomic E-state index is 10.3. The number of rotatable bonds is 7. The van der Waals surface area contributed by atoms with E-state index in [0.717, 1.165) is 19.3 Å². The Morgan fingerprint density at radius 1 is 1.54 bits per heavy atom. The Morgan fingerprint density at radius 3 is 2.69 bits per heavy atom. The van der Waals surface area contributed by atoms with Gasteiger partial charge in [-0.3, -0.25) is 0 Å². The summed E-state index contributed by atoms with van der Waals surface area (Å²) in [5.74, 6) is 0.248. The van der Waals surface area contributed by atoms with E-state index in [1.54, 1.807) is 0 Å². The van der Waals surface area contributed by atoms with Gasteiger partial charge in [-0.1, -0.05) is 19.8 Å². The number of hydrogen-bond acceptors (Lipinski definition) is 3. The van der Waals surface area contributed by atoms with Gasteiger partial charge in [0.15, 0.2) is 0 Å². The quantitative estimate of drug-likeness (QED) is 0.633. The lowest BCUT2D eigenvalue weighted by Gasteiger charge is -2.14. The van der Waals surface area contributed by atoms with Gasteiger partial charge in [-0.15, -0.1) is 0 Å². The van der Waals surface area contributed by atoms with E-state index < -0.39 is 6.09 Å². The molecule has 0 rings (SSSR count). The summed E-state index contributed by atoms with van der Waals surface area (Å²) in [6.45, 7) is 2.57. The molecule has 0 radical (unpaired) electrons. The molecular formula is C9H19NO3. The number of amides is 1. The minimum absolute atomic E-state index is 0.135. The van der Waals surface area contributed by atoms with Gasteiger partial charge < -0.3 is 15.6 Å². The Bertz CT molecular complexity index is 139. The first-order valence-electron chi connectivity index (χ1n) is 4.73. The molecular weight excluding hydrogens is 170 g/mol. The number of carbonyl (C=O) groups is 1. The van der Waals surface area contributed by atoms with E-state index in [-0.39, 0.29) is 12.5 Å². The van der Waals surface area contributed by atoms with E-state index in [0.29, 0.717) is 13.0 Å². The van der Waals surface area contributed by atoms with Crippen LogP contribution in [0.15, 0.2) is 0 Å². The molecule has 0 aromatic carbocycles. The van der Waals surface area contributed by atoms with E-state index in [1.165, 1.54) is 0 Å². The van der Waals surface area contributed by atoms with Crippen LogP contribution in [0.5, 0.6) is 0 Å². The third-order valence-corrected chi connectivity index (χ3v) is 1.96. The zero-order valence-corrected chi connectivity index (χ0v) is 8.16. The fourth-order valence-electron chi connectivity index (χ4n) is 1.19. The van der Waals surface area contributed by atoms with Crippen molar-refractivity contribution >= 4 is 6.09 Å². The molecule has 0 saturated heterocycles. The lowest BCUT2D eigenvalue weighted by Crippen LogP contribution is -2.19. The summed E-state index contributed by atoms with van der Waals surface area (Å²) in [6, 6.07) is 0. The van der Waals surface area contributed by atoms with Crippen molar-refractivity contribution in [3.05, 3.63) is 0 Å². The predicted octanol–water partition coefficient (Wildman–Crippen LogP) is 1.27. The number of aliphatic hydroxyl groups is 1. The number of unbranched alkanes of at least 4 members (excludes halogenated alkanes) is 1. The van der Waals surface area contributed by atoms with Crippen molar-refractivity contribution < 1.29 is 14.6 Å². The van der Waals surface area contributed by atoms with Crippen LogP contribution in [-0.4, -0.2) is 24.4 Å². The van der Waals surface area contributed by atoms with Gasteiger partial charge in [-0.05, 0) is 18.8 Å². The molecule has 0 aliphatic heterocycles. The molecule has 0 aliphatic carbocycles. The van der Waals surface area contributed by atoms with Crippen molar-refractivity contribution in [3.63, 3.8) is 0 Å². The molecule has 13 heavy (non-hydrogen) atoms. The average Bonchev–Trinajstić information content (AvgIpc) is 2.09. The number of hydrogen-bond donors (Lipinski definition) is 2. The molecule has 0 bridgehead atoms. The molecule has 1 amide bonds. The highest BCUT2D eigenvalue weighted by Crippen LogP contribution is 2.12. The maximum atomic E-state index is 10.3. The van der Waals surface area contributed by atoms with Gasteiger partial charge >= 0.3 is 6.09 Å². The molecule has 0 spiro atoms. The molecule has 0 aliphatic rings. The number of primary amides is 1. The fourth-order valence-corrected chi connectivity index (χ4v) is 1.19. The molecule has 0 heterocycles. The smallest absolute Gasteiger partial charge is 0.404 e. The molecule has 4 heteroatoms. The molecule has 1 unspecified atom stereocenters. The van der Waals surface area contributed by atoms with Crippen LogP contribution in [0.25, 0.3) is 0 Å². The van der Waals surface area contributed by atoms with Crippen LogP contribution in [0.1, 0.15) is 32.6 Å². The van der Waals surface area contributed by atoms with E-state index in [2.05, 4.69) is 11.7 Å². The molecule has 0 aromatic rings. The fraction of sp³-hybridized carbons (Fsp3) is 0.889. The highest BCUT2D eigenvalue weighted by Gasteiger charge is 2.09. The lowest BCUT2D eigenvalue weighted by molar-refractivity contribution is 0.122. The SMILES string of the molecule is CCCCC(CCO)COC(N)=O. The molecule has 4 nitrogen and oxygen atoms in total. The van der Waals surface area contributed by atoms with E-state index in [1.807, 2.05) is 0 Å². The van der Waals surface area contributed by atoms with Crippen LogP contribution >= 0.6 is 0 Å². The number of carbonyl (C=O) groups excluding carboxylic acids is 1. The second-order valence-corrected chi connectivity index (χ2v) is 3.15. The van der Waals surface area contributed by atoms with Gasteiger partial charge in [0.2, 0.25) is 0 Å². The van der Waals surface area contributed by atoms with Crippen molar-refractivity contribution in [1.82, 2.24) is 0 Å². The van der Waals surface area contributed by atoms with Crippen molar-refractivity contribution in [3.8, 4) is 0 Å². The molecule has 3 N–H and O–H groups in total. The summed E-state index contributed by atoms with van der Waals surface area (Å²) >= 11 is 0. The monoisotopic (exact) mass is 189 g/mol. The highest BCUT2D eigenvalue weighted by molar-refractivity contribution is 5.64. The molecule has 78 valence electrons. The summed E-state index contributed by atoms with van der Waals surface area (Å²) in [7, 11) is 0. The van der Waals surface area contributed by atoms with E-state index in [9.17, 15) is 4.79 Å². The Hall–Kier alpha value is -0.770. The molecule has 0 aromatic heterocycles. The maximum Gasteiger partial charge on any atom is 0.404 e. The lowest BCUT2D eigenvalue weighted by atomic mass is 10.00. The van der Waals surface area contributed by atoms with Gasteiger partial charge in [0.05, 0.1) is 6.61 Å². The van der Waals surface area contributed by atoms with Crippen LogP contribution in [0.2, 0.25) is 0 Å². The summed E-state index contributed by atoms with van der Waals surface area (Å²) in [4.78, 5) is 10.3. The minimum atomic E-state index is -0.737. The number of aliphatic hydroxyl groups excluding tert-OH is 1. The third-order valence-electron chi connectivity index (χ3n) is 1.96. The van der Waals surface area contributed by atoms with Gasteiger partial charge in [0, 0.05) is 6.61 Å². The van der Waals surface area contributed by atoms with Gasteiger partial charge in [-0.25, -0.2) is 4.79 Å². The standard InChI is InChI=1S/C9H19NO3/c1-2-3-4-8(5-6-11)7-13-9(10)12/h8,11H,2-7H2,1H3,(H2,10,12). The van der Waals surface area contributed by atoms with Crippen LogP contribution in [-0.2, 0) is 4.74 Å². The minimum Gasteiger partial charge on any atom is -0.449 e. The first kappa shape index (κ1) is 12.2. The first-order valence-corrected chi connectivity index (χ1v) is 4.73. The van der Waals surface area contributed by atoms with Crippen LogP contribution in [0.3, 0.4) is 0 Å². The Balaban J connectivity index is 3.59. The third kappa shape index (κ3) is 7.59. The molecule has 0 saturated carbocycles. The highest BCUT2D eigenvalue weighted by atomic mass is 16.5. The van der Waals surface area contributed by atoms with E-state index >= 15 is 0 Å². The Morgan fingerprint density at radius 2 is 2.23 bits per heavy atom. The van der Waals surface area contributed by atoms with Gasteiger partial charge in [0.1, 0.15) is 0 Å². The van der Waals surface area contributed by atoms with E-state index in [4.69, 9.17) is 10.8 Å². The number of nitrogens with two attached hydrogens (primary N) is 1. The van der Waals surface area contributed by atoms with Crippen molar-refractivity contribution in [2.75, 3.05) is 13.2 Å². The summed E-state index contributed by atoms with van der Waals surface area (Å²) in [6.07, 6.45) is 3.11. The van der Waals surface area contributed by atoms with Crippen molar-refractivity contribution in [2.45, 2.75) is 32.6 Å². The molecule has 1 atom stereocenters. The topological polar surface area (TPSA) is 72.6 Å². The zero-order valence-electron chi connectivity index (χ0n) is 8.16.